The van der Waals surface area contributed by atoms with Gasteiger partial charge in [-0.15, -0.1) is 23.2 Å². The summed E-state index contributed by atoms with van der Waals surface area (Å²) in [7, 11) is 0. The first-order chi connectivity index (χ1) is 24.2. The molecular formula is C19HCl39. The first kappa shape index (κ1) is 69.3. The topological polar surface area (TPSA) is 0 Å². The monoisotopic (exact) mass is 1590 g/mol. The lowest BCUT2D eigenvalue weighted by molar-refractivity contribution is 0.391. The number of hydrogen-bond acceptors (Lipinski definition) is 0. The smallest absolute Gasteiger partial charge is 0.102 e. The van der Waals surface area contributed by atoms with Gasteiger partial charge in [-0.05, 0) is 0 Å². The molecule has 0 aromatic rings. The number of hydrogen-bond donors (Lipinski definition) is 0. The van der Waals surface area contributed by atoms with Gasteiger partial charge in [0.2, 0.25) is 8.13 Å². The normalized spacial score (nSPS) is 17.4. The molecule has 58 heavy (non-hydrogen) atoms. The van der Waals surface area contributed by atoms with E-state index in [2.05, 4.69) is 0 Å². The molecule has 0 nitrogen and oxygen atoms in total. The van der Waals surface area contributed by atoms with Gasteiger partial charge in [0.05, 0.1) is 0 Å². The first-order valence-electron chi connectivity index (χ1n) is 12.0. The second-order valence-corrected chi connectivity index (χ2v) is 36.6. The summed E-state index contributed by atoms with van der Waals surface area (Å²) in [6.07, 6.45) is 0. The number of alkyl halides is 39. The molecule has 0 amide bonds. The van der Waals surface area contributed by atoms with Gasteiger partial charge in [-0.25, -0.2) is 0 Å². The highest BCUT2D eigenvalue weighted by Gasteiger charge is 2.88. The van der Waals surface area contributed by atoms with Crippen LogP contribution in [0.25, 0.3) is 0 Å². The molecule has 0 aliphatic carbocycles. The quantitative estimate of drug-likeness (QED) is 0.127. The van der Waals surface area contributed by atoms with Crippen molar-refractivity contribution in [2.24, 2.45) is 0 Å². The van der Waals surface area contributed by atoms with Crippen LogP contribution in [0.15, 0.2) is 0 Å². The molecule has 0 heterocycles. The summed E-state index contributed by atoms with van der Waals surface area (Å²) in [5.41, 5.74) is 0. The molecule has 0 aromatic carbocycles. The largest absolute Gasteiger partial charge is 0.226 e. The molecule has 350 valence electrons. The van der Waals surface area contributed by atoms with E-state index in [9.17, 15) is 0 Å². The molecule has 0 radical (unpaired) electrons. The molecule has 0 aliphatic rings. The molecule has 39 heteroatoms. The minimum atomic E-state index is -3.73. The van der Waals surface area contributed by atoms with Crippen LogP contribution >= 0.6 is 452 Å². The Bertz CT molecular complexity index is 1480. The summed E-state index contributed by atoms with van der Waals surface area (Å²) in [5, 5.41) is 0. The van der Waals surface area contributed by atoms with Crippen molar-refractivity contribution < 1.29 is 0 Å². The van der Waals surface area contributed by atoms with Crippen molar-refractivity contribution in [2.75, 3.05) is 0 Å². The van der Waals surface area contributed by atoms with Crippen LogP contribution in [-0.2, 0) is 0 Å². The standard InChI is InChI=1S/C19HCl39/c20-1(21)2(22,23)3(24,25)4(26,27)5(28,29)6(30,31)7(32,33)8(34,35)9(36,37)10(38,39)11(40,41)12(42,43)13(44,45)14(46,47)15(48,49)16(50,51)17(52,53)18(54,55)19(56,57)58/h1H. The Morgan fingerprint density at radius 2 is 0.259 bits per heavy atom. The molecule has 0 aromatic heterocycles. The molecule has 0 rings (SSSR count). The van der Waals surface area contributed by atoms with E-state index >= 15 is 0 Å². The van der Waals surface area contributed by atoms with Gasteiger partial charge >= 0.3 is 0 Å². The Morgan fingerprint density at radius 3 is 0.362 bits per heavy atom. The van der Waals surface area contributed by atoms with Gasteiger partial charge in [-0.2, -0.15) is 0 Å². The molecule has 0 fully saturated rings. The van der Waals surface area contributed by atoms with Crippen LogP contribution in [-0.4, -0.2) is 82.3 Å². The van der Waals surface area contributed by atoms with E-state index in [1.807, 2.05) is 0 Å². The molecule has 0 N–H and O–H groups in total. The lowest BCUT2D eigenvalue weighted by atomic mass is 9.96. The van der Waals surface area contributed by atoms with Crippen molar-refractivity contribution in [3.05, 3.63) is 0 Å². The Labute approximate surface area is 525 Å². The van der Waals surface area contributed by atoms with Crippen molar-refractivity contribution >= 4 is 452 Å². The molecular weight excluding hydrogens is 1610 g/mol. The maximum absolute atomic E-state index is 6.59. The summed E-state index contributed by atoms with van der Waals surface area (Å²) in [5.74, 6) is 0. The zero-order valence-electron chi connectivity index (χ0n) is 24.3. The van der Waals surface area contributed by atoms with E-state index in [4.69, 9.17) is 452 Å². The predicted molar refractivity (Wildman–Crippen MR) is 281 cm³/mol. The fourth-order valence-corrected chi connectivity index (χ4v) is 16.5. The molecule has 0 aliphatic heterocycles. The SMILES string of the molecule is ClC(Cl)C(Cl)(Cl)C(Cl)(Cl)C(Cl)(Cl)C(Cl)(Cl)C(Cl)(Cl)C(Cl)(Cl)C(Cl)(Cl)C(Cl)(Cl)C(Cl)(Cl)C(Cl)(Cl)C(Cl)(Cl)C(Cl)(Cl)C(Cl)(Cl)C(Cl)(Cl)C(Cl)(Cl)C(Cl)(Cl)C(Cl)(Cl)C(Cl)(Cl)Cl. The van der Waals surface area contributed by atoms with Gasteiger partial charge in [-0.3, -0.25) is 0 Å². The van der Waals surface area contributed by atoms with Crippen molar-refractivity contribution in [1.82, 2.24) is 0 Å². The van der Waals surface area contributed by atoms with E-state index in [0.29, 0.717) is 0 Å². The average molecular weight is 1610 g/mol. The molecule has 0 saturated carbocycles. The first-order valence-corrected chi connectivity index (χ1v) is 26.8. The van der Waals surface area contributed by atoms with Crippen molar-refractivity contribution in [2.45, 2.75) is 82.3 Å². The minimum Gasteiger partial charge on any atom is -0.102 e. The zero-order valence-corrected chi connectivity index (χ0v) is 53.8. The van der Waals surface area contributed by atoms with Crippen molar-refractivity contribution in [1.29, 1.82) is 0 Å². The molecule has 0 atom stereocenters. The van der Waals surface area contributed by atoms with E-state index in [0.717, 1.165) is 0 Å². The summed E-state index contributed by atoms with van der Waals surface area (Å²) in [6.45, 7) is 0. The van der Waals surface area contributed by atoms with Crippen LogP contribution < -0.4 is 0 Å². The summed E-state index contributed by atoms with van der Waals surface area (Å²) in [4.78, 5) is -1.94. The Morgan fingerprint density at radius 1 is 0.155 bits per heavy atom. The third kappa shape index (κ3) is 10.2. The molecule has 0 saturated heterocycles. The van der Waals surface area contributed by atoms with Gasteiger partial charge in [0.25, 0.3) is 0 Å². The average Bonchev–Trinajstić information content (AvgIpc) is 2.98. The van der Waals surface area contributed by atoms with Crippen LogP contribution in [0, 0.1) is 0 Å². The van der Waals surface area contributed by atoms with Crippen molar-refractivity contribution in [3.63, 3.8) is 0 Å². The van der Waals surface area contributed by atoms with Crippen LogP contribution in [0.4, 0.5) is 0 Å². The highest BCUT2D eigenvalue weighted by Crippen LogP contribution is 2.79. The van der Waals surface area contributed by atoms with E-state index in [-0.39, 0.29) is 0 Å². The van der Waals surface area contributed by atoms with E-state index < -0.39 is 82.3 Å². The maximum Gasteiger partial charge on any atom is 0.226 e. The Balaban J connectivity index is 7.89. The van der Waals surface area contributed by atoms with Crippen LogP contribution in [0.1, 0.15) is 0 Å². The summed E-state index contributed by atoms with van der Waals surface area (Å²) >= 11 is 248. The maximum atomic E-state index is 6.59. The minimum absolute atomic E-state index is 1.94. The molecule has 0 spiro atoms. The number of rotatable bonds is 17. The highest BCUT2D eigenvalue weighted by atomic mass is 35.6. The summed E-state index contributed by atoms with van der Waals surface area (Å²) in [6, 6.07) is 0. The summed E-state index contributed by atoms with van der Waals surface area (Å²) < 4.78 is -62.2. The predicted octanol–water partition coefficient (Wildman–Crippen LogP) is 23.1. The van der Waals surface area contributed by atoms with Crippen LogP contribution in [0.5, 0.6) is 0 Å². The van der Waals surface area contributed by atoms with E-state index in [1.54, 1.807) is 0 Å². The Hall–Kier alpha value is 11.3. The van der Waals surface area contributed by atoms with Gasteiger partial charge in [-0.1, -0.05) is 429 Å². The van der Waals surface area contributed by atoms with Gasteiger partial charge in [0.15, 0.2) is 69.3 Å². The molecule has 0 unspecified atom stereocenters. The zero-order chi connectivity index (χ0) is 48.6. The second-order valence-electron chi connectivity index (χ2n) is 10.6. The fourth-order valence-electron chi connectivity index (χ4n) is 3.28. The van der Waals surface area contributed by atoms with Gasteiger partial charge in [0, 0.05) is 0 Å². The van der Waals surface area contributed by atoms with Crippen molar-refractivity contribution in [3.8, 4) is 0 Å². The van der Waals surface area contributed by atoms with Gasteiger partial charge < -0.3 is 0 Å². The van der Waals surface area contributed by atoms with E-state index in [1.165, 1.54) is 0 Å². The second kappa shape index (κ2) is 20.7. The fraction of sp³-hybridized carbons (Fsp3) is 1.00. The number of halogens is 39. The highest BCUT2D eigenvalue weighted by molar-refractivity contribution is 6.86. The van der Waals surface area contributed by atoms with Gasteiger partial charge in [0.1, 0.15) is 4.84 Å². The lowest BCUT2D eigenvalue weighted by Crippen LogP contribution is -2.76. The van der Waals surface area contributed by atoms with Crippen LogP contribution in [0.3, 0.4) is 0 Å². The lowest BCUT2D eigenvalue weighted by Gasteiger charge is -2.59. The van der Waals surface area contributed by atoms with Crippen LogP contribution in [0.2, 0.25) is 0 Å². The molecule has 0 bridgehead atoms. The third-order valence-corrected chi connectivity index (χ3v) is 34.9. The third-order valence-electron chi connectivity index (χ3n) is 6.96. The Kier molecular flexibility index (Phi) is 24.7.